The first kappa shape index (κ1) is 18.8. The molecule has 1 rings (SSSR count). The Labute approximate surface area is 139 Å². The van der Waals surface area contributed by atoms with Crippen molar-refractivity contribution >= 4 is 17.8 Å². The minimum atomic E-state index is -0.750. The Bertz CT molecular complexity index is 650. The van der Waals surface area contributed by atoms with Crippen LogP contribution in [-0.4, -0.2) is 51.7 Å². The van der Waals surface area contributed by atoms with Gasteiger partial charge in [0.1, 0.15) is 6.54 Å². The maximum Gasteiger partial charge on any atom is 0.325 e. The van der Waals surface area contributed by atoms with Crippen molar-refractivity contribution in [1.82, 2.24) is 10.6 Å². The van der Waals surface area contributed by atoms with E-state index in [9.17, 15) is 14.4 Å². The molecule has 0 bridgehead atoms. The molecule has 0 radical (unpaired) electrons. The van der Waals surface area contributed by atoms with Crippen LogP contribution in [0.15, 0.2) is 18.2 Å². The first-order valence-electron chi connectivity index (χ1n) is 6.87. The number of carbonyl (C=O) groups excluding carboxylic acids is 3. The summed E-state index contributed by atoms with van der Waals surface area (Å²) in [6, 6.07) is 4.57. The van der Waals surface area contributed by atoms with Crippen molar-refractivity contribution in [2.45, 2.75) is 0 Å². The predicted octanol–water partition coefficient (Wildman–Crippen LogP) is -0.274. The summed E-state index contributed by atoms with van der Waals surface area (Å²) in [6.45, 7) is -0.797. The third-order valence-electron chi connectivity index (χ3n) is 2.79. The van der Waals surface area contributed by atoms with Gasteiger partial charge in [-0.15, -0.1) is 6.42 Å². The van der Waals surface area contributed by atoms with Gasteiger partial charge in [0.2, 0.25) is 0 Å². The van der Waals surface area contributed by atoms with Crippen LogP contribution >= 0.6 is 0 Å². The minimum absolute atomic E-state index is 0.0480. The fraction of sp³-hybridized carbons (Fsp3) is 0.312. The smallest absolute Gasteiger partial charge is 0.325 e. The summed E-state index contributed by atoms with van der Waals surface area (Å²) in [5.74, 6) is 1.31. The van der Waals surface area contributed by atoms with Crippen LogP contribution in [-0.2, 0) is 14.3 Å². The number of ether oxygens (including phenoxy) is 3. The largest absolute Gasteiger partial charge is 0.493 e. The zero-order valence-electron chi connectivity index (χ0n) is 13.4. The normalized spacial score (nSPS) is 9.38. The molecular weight excluding hydrogens is 316 g/mol. The van der Waals surface area contributed by atoms with Crippen molar-refractivity contribution in [3.63, 3.8) is 0 Å². The highest BCUT2D eigenvalue weighted by atomic mass is 16.5. The lowest BCUT2D eigenvalue weighted by molar-refractivity contribution is -0.147. The van der Waals surface area contributed by atoms with E-state index in [2.05, 4.69) is 21.3 Å². The molecule has 0 aliphatic heterocycles. The fourth-order valence-electron chi connectivity index (χ4n) is 1.63. The highest BCUT2D eigenvalue weighted by Gasteiger charge is 2.13. The van der Waals surface area contributed by atoms with Gasteiger partial charge in [-0.3, -0.25) is 14.4 Å². The van der Waals surface area contributed by atoms with Crippen LogP contribution in [0.5, 0.6) is 11.5 Å². The Hall–Kier alpha value is -3.21. The summed E-state index contributed by atoms with van der Waals surface area (Å²) in [6.07, 6.45) is 4.97. The molecule has 24 heavy (non-hydrogen) atoms. The molecule has 0 spiro atoms. The number of terminal acetylenes is 1. The lowest BCUT2D eigenvalue weighted by Crippen LogP contribution is -2.34. The number of esters is 1. The van der Waals surface area contributed by atoms with Crippen LogP contribution in [0.3, 0.4) is 0 Å². The summed E-state index contributed by atoms with van der Waals surface area (Å²) < 4.78 is 14.9. The van der Waals surface area contributed by atoms with Crippen molar-refractivity contribution < 1.29 is 28.6 Å². The fourth-order valence-corrected chi connectivity index (χ4v) is 1.63. The number of rotatable bonds is 8. The Morgan fingerprint density at radius 3 is 2.46 bits per heavy atom. The molecule has 0 saturated heterocycles. The quantitative estimate of drug-likeness (QED) is 0.501. The van der Waals surface area contributed by atoms with Crippen LogP contribution < -0.4 is 20.1 Å². The summed E-state index contributed by atoms with van der Waals surface area (Å²) in [5, 5.41) is 4.72. The van der Waals surface area contributed by atoms with Crippen molar-refractivity contribution in [3.05, 3.63) is 23.8 Å². The topological polar surface area (TPSA) is 103 Å². The van der Waals surface area contributed by atoms with E-state index in [0.29, 0.717) is 11.5 Å². The molecule has 0 saturated carbocycles. The monoisotopic (exact) mass is 334 g/mol. The van der Waals surface area contributed by atoms with Gasteiger partial charge in [-0.05, 0) is 18.2 Å². The summed E-state index contributed by atoms with van der Waals surface area (Å²) in [4.78, 5) is 34.7. The van der Waals surface area contributed by atoms with Gasteiger partial charge in [0.15, 0.2) is 18.1 Å². The number of nitrogens with one attached hydrogen (secondary N) is 2. The number of carbonyl (C=O) groups is 3. The molecule has 0 aromatic heterocycles. The van der Waals surface area contributed by atoms with Crippen LogP contribution in [0.1, 0.15) is 10.4 Å². The van der Waals surface area contributed by atoms with Gasteiger partial charge >= 0.3 is 5.97 Å². The zero-order chi connectivity index (χ0) is 17.9. The van der Waals surface area contributed by atoms with E-state index in [-0.39, 0.29) is 18.7 Å². The SMILES string of the molecule is C#CCNC(=O)COC(=O)CNC(=O)c1ccc(OC)c(OC)c1. The highest BCUT2D eigenvalue weighted by molar-refractivity contribution is 5.96. The standard InChI is InChI=1S/C16H18N2O6/c1-4-7-17-14(19)10-24-15(20)9-18-16(21)11-5-6-12(22-2)13(8-11)23-3/h1,5-6,8H,7,9-10H2,2-3H3,(H,17,19)(H,18,21). The molecule has 1 aromatic rings. The average Bonchev–Trinajstić information content (AvgIpc) is 2.61. The molecule has 128 valence electrons. The number of benzene rings is 1. The van der Waals surface area contributed by atoms with Crippen molar-refractivity contribution in [1.29, 1.82) is 0 Å². The molecular formula is C16H18N2O6. The van der Waals surface area contributed by atoms with Gasteiger partial charge in [0.05, 0.1) is 20.8 Å². The molecule has 8 heteroatoms. The maximum absolute atomic E-state index is 12.0. The predicted molar refractivity (Wildman–Crippen MR) is 84.7 cm³/mol. The molecule has 0 atom stereocenters. The van der Waals surface area contributed by atoms with Crippen molar-refractivity contribution in [2.75, 3.05) is 33.9 Å². The van der Waals surface area contributed by atoms with Gasteiger partial charge in [-0.1, -0.05) is 5.92 Å². The average molecular weight is 334 g/mol. The molecule has 0 heterocycles. The van der Waals surface area contributed by atoms with E-state index in [1.807, 2.05) is 0 Å². The van der Waals surface area contributed by atoms with Gasteiger partial charge in [-0.2, -0.15) is 0 Å². The van der Waals surface area contributed by atoms with Crippen LogP contribution in [0.4, 0.5) is 0 Å². The maximum atomic E-state index is 12.0. The Balaban J connectivity index is 2.47. The van der Waals surface area contributed by atoms with E-state index in [4.69, 9.17) is 15.9 Å². The second-order valence-corrected chi connectivity index (χ2v) is 4.39. The van der Waals surface area contributed by atoms with Gasteiger partial charge in [-0.25, -0.2) is 0 Å². The molecule has 0 unspecified atom stereocenters. The first-order chi connectivity index (χ1) is 11.5. The van der Waals surface area contributed by atoms with E-state index in [1.165, 1.54) is 26.4 Å². The molecule has 2 N–H and O–H groups in total. The van der Waals surface area contributed by atoms with Crippen LogP contribution in [0.2, 0.25) is 0 Å². The lowest BCUT2D eigenvalue weighted by atomic mass is 10.2. The van der Waals surface area contributed by atoms with E-state index >= 15 is 0 Å². The third-order valence-corrected chi connectivity index (χ3v) is 2.79. The van der Waals surface area contributed by atoms with E-state index in [0.717, 1.165) is 0 Å². The Kier molecular flexibility index (Phi) is 7.64. The summed E-state index contributed by atoms with van der Waals surface area (Å²) in [7, 11) is 2.93. The molecule has 0 fully saturated rings. The van der Waals surface area contributed by atoms with E-state index < -0.39 is 24.4 Å². The first-order valence-corrected chi connectivity index (χ1v) is 6.87. The van der Waals surface area contributed by atoms with Gasteiger partial charge in [0.25, 0.3) is 11.8 Å². The molecule has 0 aliphatic rings. The molecule has 0 aliphatic carbocycles. The van der Waals surface area contributed by atoms with Crippen LogP contribution in [0.25, 0.3) is 0 Å². The summed E-state index contributed by atoms with van der Waals surface area (Å²) in [5.41, 5.74) is 0.284. The number of hydrogen-bond donors (Lipinski definition) is 2. The Morgan fingerprint density at radius 1 is 1.12 bits per heavy atom. The van der Waals surface area contributed by atoms with Crippen molar-refractivity contribution in [2.24, 2.45) is 0 Å². The molecule has 2 amide bonds. The molecule has 8 nitrogen and oxygen atoms in total. The number of methoxy groups -OCH3 is 2. The van der Waals surface area contributed by atoms with Gasteiger partial charge < -0.3 is 24.8 Å². The second-order valence-electron chi connectivity index (χ2n) is 4.39. The second kappa shape index (κ2) is 9.74. The Morgan fingerprint density at radius 2 is 1.83 bits per heavy atom. The molecule has 1 aromatic carbocycles. The number of hydrogen-bond acceptors (Lipinski definition) is 6. The van der Waals surface area contributed by atoms with Gasteiger partial charge in [0, 0.05) is 5.56 Å². The van der Waals surface area contributed by atoms with E-state index in [1.54, 1.807) is 6.07 Å². The van der Waals surface area contributed by atoms with Crippen molar-refractivity contribution in [3.8, 4) is 23.8 Å². The summed E-state index contributed by atoms with van der Waals surface area (Å²) >= 11 is 0. The minimum Gasteiger partial charge on any atom is -0.493 e. The highest BCUT2D eigenvalue weighted by Crippen LogP contribution is 2.27. The lowest BCUT2D eigenvalue weighted by Gasteiger charge is -2.10. The van der Waals surface area contributed by atoms with Crippen LogP contribution in [0, 0.1) is 12.3 Å². The number of amides is 2. The zero-order valence-corrected chi connectivity index (χ0v) is 13.4. The third kappa shape index (κ3) is 5.88.